The van der Waals surface area contributed by atoms with Gasteiger partial charge in [0, 0.05) is 16.0 Å². The van der Waals surface area contributed by atoms with E-state index in [0.717, 1.165) is 21.2 Å². The van der Waals surface area contributed by atoms with Crippen molar-refractivity contribution in [2.45, 2.75) is 0 Å². The van der Waals surface area contributed by atoms with E-state index >= 15 is 0 Å². The van der Waals surface area contributed by atoms with Gasteiger partial charge in [-0.2, -0.15) is 5.10 Å². The smallest absolute Gasteiger partial charge is 0.206 e. The van der Waals surface area contributed by atoms with Gasteiger partial charge in [-0.25, -0.2) is 9.50 Å². The Morgan fingerprint density at radius 2 is 2.27 bits per heavy atom. The highest BCUT2D eigenvalue weighted by atomic mass is 35.5. The first kappa shape index (κ1) is 8.88. The molecule has 0 fully saturated rings. The maximum atomic E-state index is 5.94. The largest absolute Gasteiger partial charge is 0.212 e. The molecule has 15 heavy (non-hydrogen) atoms. The fourth-order valence-electron chi connectivity index (χ4n) is 1.47. The SMILES string of the molecule is Clc1cccc(-c2csc3ncnn23)c1. The van der Waals surface area contributed by atoms with Gasteiger partial charge in [-0.05, 0) is 12.1 Å². The van der Waals surface area contributed by atoms with E-state index < -0.39 is 0 Å². The normalized spacial score (nSPS) is 11.0. The molecule has 0 bridgehead atoms. The standard InChI is InChI=1S/C10H6ClN3S/c11-8-3-1-2-7(4-8)9-5-15-10-12-6-13-14(9)10/h1-6H. The molecule has 0 radical (unpaired) electrons. The first-order valence-corrected chi connectivity index (χ1v) is 5.63. The zero-order valence-corrected chi connectivity index (χ0v) is 9.16. The van der Waals surface area contributed by atoms with Crippen LogP contribution in [0.5, 0.6) is 0 Å². The first-order chi connectivity index (χ1) is 7.34. The predicted octanol–water partition coefficient (Wildman–Crippen LogP) is 3.11. The van der Waals surface area contributed by atoms with Gasteiger partial charge in [0.15, 0.2) is 0 Å². The minimum absolute atomic E-state index is 0.729. The molecule has 5 heteroatoms. The van der Waals surface area contributed by atoms with Crippen LogP contribution < -0.4 is 0 Å². The highest BCUT2D eigenvalue weighted by Crippen LogP contribution is 2.26. The molecular weight excluding hydrogens is 230 g/mol. The highest BCUT2D eigenvalue weighted by molar-refractivity contribution is 7.15. The number of hydrogen-bond donors (Lipinski definition) is 0. The van der Waals surface area contributed by atoms with E-state index in [-0.39, 0.29) is 0 Å². The molecule has 2 aromatic heterocycles. The van der Waals surface area contributed by atoms with Crippen LogP contribution in [0.2, 0.25) is 5.02 Å². The minimum atomic E-state index is 0.729. The fourth-order valence-corrected chi connectivity index (χ4v) is 2.47. The summed E-state index contributed by atoms with van der Waals surface area (Å²) in [5.41, 5.74) is 2.08. The summed E-state index contributed by atoms with van der Waals surface area (Å²) in [5.74, 6) is 0. The van der Waals surface area contributed by atoms with Gasteiger partial charge in [-0.3, -0.25) is 0 Å². The number of benzene rings is 1. The number of hydrogen-bond acceptors (Lipinski definition) is 3. The van der Waals surface area contributed by atoms with Gasteiger partial charge in [0.25, 0.3) is 0 Å². The Hall–Kier alpha value is -1.39. The lowest BCUT2D eigenvalue weighted by molar-refractivity contribution is 0.984. The van der Waals surface area contributed by atoms with Crippen molar-refractivity contribution in [1.82, 2.24) is 14.6 Å². The molecule has 0 unspecified atom stereocenters. The van der Waals surface area contributed by atoms with Gasteiger partial charge in [-0.15, -0.1) is 11.3 Å². The summed E-state index contributed by atoms with van der Waals surface area (Å²) in [6.45, 7) is 0. The molecule has 0 atom stereocenters. The van der Waals surface area contributed by atoms with Crippen molar-refractivity contribution in [2.75, 3.05) is 0 Å². The van der Waals surface area contributed by atoms with Crippen molar-refractivity contribution < 1.29 is 0 Å². The van der Waals surface area contributed by atoms with Gasteiger partial charge in [-0.1, -0.05) is 23.7 Å². The number of halogens is 1. The molecule has 0 amide bonds. The van der Waals surface area contributed by atoms with E-state index in [2.05, 4.69) is 10.1 Å². The van der Waals surface area contributed by atoms with E-state index in [1.807, 2.05) is 34.2 Å². The number of fused-ring (bicyclic) bond motifs is 1. The summed E-state index contributed by atoms with van der Waals surface area (Å²) in [7, 11) is 0. The molecule has 0 saturated carbocycles. The van der Waals surface area contributed by atoms with Crippen LogP contribution in [0.15, 0.2) is 36.0 Å². The van der Waals surface area contributed by atoms with Gasteiger partial charge in [0.1, 0.15) is 6.33 Å². The van der Waals surface area contributed by atoms with Crippen LogP contribution in [0, 0.1) is 0 Å². The third-order valence-corrected chi connectivity index (χ3v) is 3.21. The summed E-state index contributed by atoms with van der Waals surface area (Å²) < 4.78 is 1.82. The Morgan fingerprint density at radius 1 is 1.33 bits per heavy atom. The third kappa shape index (κ3) is 1.42. The van der Waals surface area contributed by atoms with Crippen molar-refractivity contribution in [2.24, 2.45) is 0 Å². The van der Waals surface area contributed by atoms with Crippen LogP contribution in [-0.4, -0.2) is 14.6 Å². The van der Waals surface area contributed by atoms with Crippen molar-refractivity contribution in [3.63, 3.8) is 0 Å². The molecule has 0 spiro atoms. The van der Waals surface area contributed by atoms with E-state index in [4.69, 9.17) is 11.6 Å². The Kier molecular flexibility index (Phi) is 1.97. The minimum Gasteiger partial charge on any atom is -0.206 e. The summed E-state index contributed by atoms with van der Waals surface area (Å²) in [6.07, 6.45) is 1.56. The number of thiazole rings is 1. The summed E-state index contributed by atoms with van der Waals surface area (Å²) in [5, 5.41) is 6.92. The Bertz CT molecular complexity index is 614. The second-order valence-electron chi connectivity index (χ2n) is 3.09. The Balaban J connectivity index is 2.26. The molecule has 0 N–H and O–H groups in total. The van der Waals surface area contributed by atoms with Crippen LogP contribution in [-0.2, 0) is 0 Å². The van der Waals surface area contributed by atoms with Crippen LogP contribution in [0.1, 0.15) is 0 Å². The van der Waals surface area contributed by atoms with Crippen LogP contribution in [0.3, 0.4) is 0 Å². The molecule has 3 aromatic rings. The second kappa shape index (κ2) is 3.32. The van der Waals surface area contributed by atoms with Crippen molar-refractivity contribution in [3.8, 4) is 11.3 Å². The van der Waals surface area contributed by atoms with E-state index in [1.54, 1.807) is 17.7 Å². The molecule has 0 saturated heterocycles. The Labute approximate surface area is 95.0 Å². The zero-order valence-electron chi connectivity index (χ0n) is 7.59. The zero-order chi connectivity index (χ0) is 10.3. The topological polar surface area (TPSA) is 30.2 Å². The molecule has 2 heterocycles. The number of rotatable bonds is 1. The maximum absolute atomic E-state index is 5.94. The monoisotopic (exact) mass is 235 g/mol. The van der Waals surface area contributed by atoms with E-state index in [0.29, 0.717) is 0 Å². The van der Waals surface area contributed by atoms with Crippen LogP contribution in [0.4, 0.5) is 0 Å². The van der Waals surface area contributed by atoms with Crippen molar-refractivity contribution in [1.29, 1.82) is 0 Å². The number of aromatic nitrogens is 3. The van der Waals surface area contributed by atoms with Crippen molar-refractivity contribution in [3.05, 3.63) is 41.0 Å². The lowest BCUT2D eigenvalue weighted by atomic mass is 10.2. The highest BCUT2D eigenvalue weighted by Gasteiger charge is 2.07. The lowest BCUT2D eigenvalue weighted by Gasteiger charge is -1.98. The quantitative estimate of drug-likeness (QED) is 0.649. The van der Waals surface area contributed by atoms with E-state index in [9.17, 15) is 0 Å². The van der Waals surface area contributed by atoms with Gasteiger partial charge in [0.2, 0.25) is 4.96 Å². The molecule has 3 rings (SSSR count). The predicted molar refractivity (Wildman–Crippen MR) is 61.3 cm³/mol. The lowest BCUT2D eigenvalue weighted by Crippen LogP contribution is -1.86. The maximum Gasteiger partial charge on any atom is 0.212 e. The summed E-state index contributed by atoms with van der Waals surface area (Å²) in [4.78, 5) is 5.02. The first-order valence-electron chi connectivity index (χ1n) is 4.38. The molecule has 1 aromatic carbocycles. The molecule has 0 aliphatic heterocycles. The molecule has 0 aliphatic rings. The fraction of sp³-hybridized carbons (Fsp3) is 0. The second-order valence-corrected chi connectivity index (χ2v) is 4.36. The number of nitrogens with zero attached hydrogens (tertiary/aromatic N) is 3. The van der Waals surface area contributed by atoms with Gasteiger partial charge < -0.3 is 0 Å². The summed E-state index contributed by atoms with van der Waals surface area (Å²) in [6, 6.07) is 7.72. The third-order valence-electron chi connectivity index (χ3n) is 2.14. The van der Waals surface area contributed by atoms with Crippen LogP contribution >= 0.6 is 22.9 Å². The van der Waals surface area contributed by atoms with Crippen LogP contribution in [0.25, 0.3) is 16.2 Å². The summed E-state index contributed by atoms with van der Waals surface area (Å²) >= 11 is 7.51. The molecule has 74 valence electrons. The van der Waals surface area contributed by atoms with Gasteiger partial charge in [0.05, 0.1) is 5.69 Å². The van der Waals surface area contributed by atoms with Crippen molar-refractivity contribution >= 4 is 27.9 Å². The average Bonchev–Trinajstić information content (AvgIpc) is 2.77. The molecule has 0 aliphatic carbocycles. The Morgan fingerprint density at radius 3 is 3.13 bits per heavy atom. The molecule has 3 nitrogen and oxygen atoms in total. The van der Waals surface area contributed by atoms with E-state index in [1.165, 1.54) is 0 Å². The molecular formula is C10H6ClN3S. The van der Waals surface area contributed by atoms with Gasteiger partial charge >= 0.3 is 0 Å². The average molecular weight is 236 g/mol.